The van der Waals surface area contributed by atoms with Gasteiger partial charge in [0.2, 0.25) is 0 Å². The fourth-order valence-electron chi connectivity index (χ4n) is 2.51. The predicted molar refractivity (Wildman–Crippen MR) is 78.0 cm³/mol. The summed E-state index contributed by atoms with van der Waals surface area (Å²) in [6.07, 6.45) is 1.96. The van der Waals surface area contributed by atoms with Gasteiger partial charge in [0, 0.05) is 17.2 Å². The maximum absolute atomic E-state index is 13.4. The largest absolute Gasteiger partial charge is 0.393 e. The summed E-state index contributed by atoms with van der Waals surface area (Å²) in [5.41, 5.74) is 0. The highest BCUT2D eigenvalue weighted by Gasteiger charge is 2.22. The minimum Gasteiger partial charge on any atom is -0.393 e. The van der Waals surface area contributed by atoms with E-state index in [9.17, 15) is 9.50 Å². The van der Waals surface area contributed by atoms with Crippen molar-refractivity contribution in [2.75, 3.05) is 25.4 Å². The second kappa shape index (κ2) is 7.27. The zero-order chi connectivity index (χ0) is 13.7. The van der Waals surface area contributed by atoms with Gasteiger partial charge in [0.15, 0.2) is 0 Å². The highest BCUT2D eigenvalue weighted by molar-refractivity contribution is 7.99. The van der Waals surface area contributed by atoms with Crippen LogP contribution in [0.15, 0.2) is 29.2 Å². The second-order valence-electron chi connectivity index (χ2n) is 5.20. The van der Waals surface area contributed by atoms with E-state index in [1.807, 2.05) is 19.1 Å². The standard InChI is InChI=1S/C15H22FNOS/c1-12(18)13-6-8-17(9-7-13)10-11-19-15-5-3-2-4-14(15)16/h2-5,12-13,18H,6-11H2,1H3. The summed E-state index contributed by atoms with van der Waals surface area (Å²) in [4.78, 5) is 3.15. The van der Waals surface area contributed by atoms with Crippen LogP contribution >= 0.6 is 11.8 Å². The number of aliphatic hydroxyl groups excluding tert-OH is 1. The van der Waals surface area contributed by atoms with Gasteiger partial charge in [-0.3, -0.25) is 0 Å². The topological polar surface area (TPSA) is 23.5 Å². The monoisotopic (exact) mass is 283 g/mol. The zero-order valence-corrected chi connectivity index (χ0v) is 12.2. The van der Waals surface area contributed by atoms with Crippen molar-refractivity contribution >= 4 is 11.8 Å². The first-order valence-corrected chi connectivity index (χ1v) is 7.93. The molecule has 2 nitrogen and oxygen atoms in total. The number of rotatable bonds is 5. The van der Waals surface area contributed by atoms with Crippen molar-refractivity contribution in [2.45, 2.75) is 30.8 Å². The van der Waals surface area contributed by atoms with E-state index in [0.717, 1.165) is 43.1 Å². The third-order valence-corrected chi connectivity index (χ3v) is 4.84. The van der Waals surface area contributed by atoms with E-state index in [2.05, 4.69) is 4.90 Å². The molecule has 0 aliphatic carbocycles. The molecule has 1 saturated heterocycles. The highest BCUT2D eigenvalue weighted by Crippen LogP contribution is 2.23. The summed E-state index contributed by atoms with van der Waals surface area (Å²) >= 11 is 1.58. The van der Waals surface area contributed by atoms with Gasteiger partial charge in [-0.05, 0) is 50.9 Å². The lowest BCUT2D eigenvalue weighted by Gasteiger charge is -2.33. The van der Waals surface area contributed by atoms with Gasteiger partial charge in [0.05, 0.1) is 6.10 Å². The summed E-state index contributed by atoms with van der Waals surface area (Å²) in [5.74, 6) is 1.25. The van der Waals surface area contributed by atoms with Gasteiger partial charge in [-0.25, -0.2) is 4.39 Å². The van der Waals surface area contributed by atoms with Gasteiger partial charge < -0.3 is 10.0 Å². The molecular formula is C15H22FNOS. The number of aliphatic hydroxyl groups is 1. The van der Waals surface area contributed by atoms with Crippen molar-refractivity contribution < 1.29 is 9.50 Å². The Morgan fingerprint density at radius 1 is 1.37 bits per heavy atom. The summed E-state index contributed by atoms with van der Waals surface area (Å²) in [6.45, 7) is 4.97. The van der Waals surface area contributed by atoms with Crippen LogP contribution in [0.1, 0.15) is 19.8 Å². The molecule has 0 radical (unpaired) electrons. The molecule has 0 amide bonds. The van der Waals surface area contributed by atoms with E-state index < -0.39 is 0 Å². The molecule has 4 heteroatoms. The molecule has 0 saturated carbocycles. The maximum atomic E-state index is 13.4. The van der Waals surface area contributed by atoms with Gasteiger partial charge in [0.1, 0.15) is 5.82 Å². The van der Waals surface area contributed by atoms with Crippen molar-refractivity contribution in [1.29, 1.82) is 0 Å². The Hall–Kier alpha value is -0.580. The molecule has 19 heavy (non-hydrogen) atoms. The number of likely N-dealkylation sites (tertiary alicyclic amines) is 1. The number of thioether (sulfide) groups is 1. The number of nitrogens with zero attached hydrogens (tertiary/aromatic N) is 1. The number of halogens is 1. The van der Waals surface area contributed by atoms with Crippen LogP contribution in [0.25, 0.3) is 0 Å². The molecule has 1 atom stereocenters. The Labute approximate surface area is 119 Å². The molecule has 1 aliphatic rings. The summed E-state index contributed by atoms with van der Waals surface area (Å²) < 4.78 is 13.4. The lowest BCUT2D eigenvalue weighted by Crippen LogP contribution is -2.38. The summed E-state index contributed by atoms with van der Waals surface area (Å²) in [7, 11) is 0. The molecule has 1 N–H and O–H groups in total. The lowest BCUT2D eigenvalue weighted by atomic mass is 9.92. The first-order chi connectivity index (χ1) is 9.16. The van der Waals surface area contributed by atoms with Gasteiger partial charge >= 0.3 is 0 Å². The van der Waals surface area contributed by atoms with E-state index in [4.69, 9.17) is 0 Å². The first-order valence-electron chi connectivity index (χ1n) is 6.94. The van der Waals surface area contributed by atoms with E-state index in [0.29, 0.717) is 5.92 Å². The van der Waals surface area contributed by atoms with Crippen molar-refractivity contribution in [1.82, 2.24) is 4.90 Å². The van der Waals surface area contributed by atoms with E-state index in [1.54, 1.807) is 17.8 Å². The average molecular weight is 283 g/mol. The minimum absolute atomic E-state index is 0.125. The third kappa shape index (κ3) is 4.48. The molecule has 0 bridgehead atoms. The fourth-order valence-corrected chi connectivity index (χ4v) is 3.46. The molecule has 2 rings (SSSR count). The minimum atomic E-state index is -0.185. The Morgan fingerprint density at radius 2 is 2.05 bits per heavy atom. The normalized spacial score (nSPS) is 19.5. The molecule has 0 aromatic heterocycles. The summed E-state index contributed by atoms with van der Waals surface area (Å²) in [5, 5.41) is 9.55. The Bertz CT molecular complexity index is 391. The molecule has 1 aliphatic heterocycles. The Balaban J connectivity index is 1.69. The van der Waals surface area contributed by atoms with E-state index in [1.165, 1.54) is 6.07 Å². The van der Waals surface area contributed by atoms with Crippen LogP contribution in [0, 0.1) is 11.7 Å². The first kappa shape index (κ1) is 14.8. The van der Waals surface area contributed by atoms with Gasteiger partial charge in [-0.1, -0.05) is 12.1 Å². The highest BCUT2D eigenvalue weighted by atomic mass is 32.2. The third-order valence-electron chi connectivity index (χ3n) is 3.82. The molecule has 106 valence electrons. The van der Waals surface area contributed by atoms with Crippen LogP contribution in [0.2, 0.25) is 0 Å². The molecule has 1 fully saturated rings. The Kier molecular flexibility index (Phi) is 5.67. The van der Waals surface area contributed by atoms with Crippen LogP contribution in [0.5, 0.6) is 0 Å². The van der Waals surface area contributed by atoms with E-state index in [-0.39, 0.29) is 11.9 Å². The van der Waals surface area contributed by atoms with Gasteiger partial charge in [-0.2, -0.15) is 0 Å². The van der Waals surface area contributed by atoms with Crippen LogP contribution in [0.4, 0.5) is 4.39 Å². The molecule has 1 aromatic carbocycles. The van der Waals surface area contributed by atoms with Crippen molar-refractivity contribution in [3.05, 3.63) is 30.1 Å². The molecule has 1 heterocycles. The van der Waals surface area contributed by atoms with Gasteiger partial charge in [-0.15, -0.1) is 11.8 Å². The second-order valence-corrected chi connectivity index (χ2v) is 6.34. The van der Waals surface area contributed by atoms with Gasteiger partial charge in [0.25, 0.3) is 0 Å². The van der Waals surface area contributed by atoms with Crippen LogP contribution < -0.4 is 0 Å². The predicted octanol–water partition coefficient (Wildman–Crippen LogP) is 3.01. The molecule has 1 unspecified atom stereocenters. The molecular weight excluding hydrogens is 261 g/mol. The number of hydrogen-bond donors (Lipinski definition) is 1. The summed E-state index contributed by atoms with van der Waals surface area (Å²) in [6, 6.07) is 6.94. The van der Waals surface area contributed by atoms with Crippen LogP contribution in [-0.2, 0) is 0 Å². The van der Waals surface area contributed by atoms with Crippen molar-refractivity contribution in [3.8, 4) is 0 Å². The Morgan fingerprint density at radius 3 is 2.68 bits per heavy atom. The average Bonchev–Trinajstić information content (AvgIpc) is 2.41. The fraction of sp³-hybridized carbons (Fsp3) is 0.600. The van der Waals surface area contributed by atoms with Crippen LogP contribution in [-0.4, -0.2) is 41.5 Å². The maximum Gasteiger partial charge on any atom is 0.136 e. The molecule has 0 spiro atoms. The number of benzene rings is 1. The quantitative estimate of drug-likeness (QED) is 0.840. The molecule has 1 aromatic rings. The lowest BCUT2D eigenvalue weighted by molar-refractivity contribution is 0.0740. The van der Waals surface area contributed by atoms with Crippen molar-refractivity contribution in [3.63, 3.8) is 0 Å². The zero-order valence-electron chi connectivity index (χ0n) is 11.4. The SMILES string of the molecule is CC(O)C1CCN(CCSc2ccccc2F)CC1. The number of piperidine rings is 1. The van der Waals surface area contributed by atoms with Crippen molar-refractivity contribution in [2.24, 2.45) is 5.92 Å². The number of hydrogen-bond acceptors (Lipinski definition) is 3. The van der Waals surface area contributed by atoms with Crippen LogP contribution in [0.3, 0.4) is 0 Å². The smallest absolute Gasteiger partial charge is 0.136 e. The van der Waals surface area contributed by atoms with E-state index >= 15 is 0 Å².